The van der Waals surface area contributed by atoms with Crippen LogP contribution in [0.1, 0.15) is 35.2 Å². The third kappa shape index (κ3) is 4.00. The lowest BCUT2D eigenvalue weighted by molar-refractivity contribution is -0.137. The molecule has 0 saturated carbocycles. The monoisotopic (exact) mass is 375 g/mol. The normalized spacial score (nSPS) is 13.5. The lowest BCUT2D eigenvalue weighted by atomic mass is 9.95. The van der Waals surface area contributed by atoms with Crippen LogP contribution >= 0.6 is 0 Å². The Morgan fingerprint density at radius 2 is 1.46 bits per heavy atom. The Balaban J connectivity index is 1.69. The van der Waals surface area contributed by atoms with Gasteiger partial charge in [0.25, 0.3) is 0 Å². The summed E-state index contributed by atoms with van der Waals surface area (Å²) in [5.41, 5.74) is 3.00. The van der Waals surface area contributed by atoms with Gasteiger partial charge in [-0.2, -0.15) is 0 Å². The summed E-state index contributed by atoms with van der Waals surface area (Å²) in [6, 6.07) is 25.1. The number of carboxylic acids is 1. The van der Waals surface area contributed by atoms with Gasteiger partial charge in [-0.15, -0.1) is 0 Å². The molecule has 4 rings (SSSR count). The van der Waals surface area contributed by atoms with Crippen LogP contribution in [0.5, 0.6) is 11.5 Å². The van der Waals surface area contributed by atoms with Gasteiger partial charge in [0.1, 0.15) is 0 Å². The molecule has 142 valence electrons. The van der Waals surface area contributed by atoms with Crippen molar-refractivity contribution in [3.8, 4) is 11.5 Å². The fourth-order valence-electron chi connectivity index (χ4n) is 3.45. The first-order valence-corrected chi connectivity index (χ1v) is 9.18. The number of hydrogen-bond donors (Lipinski definition) is 2. The molecule has 0 saturated heterocycles. The maximum absolute atomic E-state index is 11.6. The molecule has 3 aromatic rings. The summed E-state index contributed by atoms with van der Waals surface area (Å²) in [6.45, 7) is 0.187. The summed E-state index contributed by atoms with van der Waals surface area (Å²) < 4.78 is 10.8. The van der Waals surface area contributed by atoms with Crippen LogP contribution in [0.2, 0.25) is 0 Å². The Hall–Kier alpha value is -3.31. The third-order valence-corrected chi connectivity index (χ3v) is 4.81. The Labute approximate surface area is 163 Å². The van der Waals surface area contributed by atoms with Crippen LogP contribution in [-0.2, 0) is 4.79 Å². The highest BCUT2D eigenvalue weighted by molar-refractivity contribution is 5.68. The second-order valence-corrected chi connectivity index (χ2v) is 6.68. The molecule has 1 heterocycles. The molecule has 1 aliphatic rings. The van der Waals surface area contributed by atoms with Crippen molar-refractivity contribution in [1.82, 2.24) is 5.32 Å². The molecule has 5 nitrogen and oxygen atoms in total. The highest BCUT2D eigenvalue weighted by Gasteiger charge is 2.24. The Morgan fingerprint density at radius 1 is 0.857 bits per heavy atom. The molecule has 2 N–H and O–H groups in total. The standard InChI is InChI=1S/C23H21NO4/c25-22(26)14-19(18-11-12-20-21(13-18)28-15-27-20)24-23(16-7-3-1-4-8-16)17-9-5-2-6-10-17/h1-13,19,23-24H,14-15H2,(H,25,26). The largest absolute Gasteiger partial charge is 0.481 e. The zero-order chi connectivity index (χ0) is 19.3. The summed E-state index contributed by atoms with van der Waals surface area (Å²) in [5, 5.41) is 13.0. The number of benzene rings is 3. The van der Waals surface area contributed by atoms with Gasteiger partial charge >= 0.3 is 5.97 Å². The molecule has 1 unspecified atom stereocenters. The number of ether oxygens (including phenoxy) is 2. The molecule has 28 heavy (non-hydrogen) atoms. The quantitative estimate of drug-likeness (QED) is 0.644. The van der Waals surface area contributed by atoms with E-state index in [-0.39, 0.29) is 19.3 Å². The molecule has 0 fully saturated rings. The number of carbonyl (C=O) groups is 1. The first-order chi connectivity index (χ1) is 13.7. The second kappa shape index (κ2) is 8.15. The van der Waals surface area contributed by atoms with Crippen LogP contribution in [0, 0.1) is 0 Å². The van der Waals surface area contributed by atoms with Crippen molar-refractivity contribution in [1.29, 1.82) is 0 Å². The van der Waals surface area contributed by atoms with Crippen LogP contribution < -0.4 is 14.8 Å². The van der Waals surface area contributed by atoms with Crippen LogP contribution in [0.3, 0.4) is 0 Å². The van der Waals surface area contributed by atoms with E-state index in [4.69, 9.17) is 9.47 Å². The maximum atomic E-state index is 11.6. The number of fused-ring (bicyclic) bond motifs is 1. The summed E-state index contributed by atoms with van der Waals surface area (Å²) >= 11 is 0. The van der Waals surface area contributed by atoms with Crippen molar-refractivity contribution in [2.75, 3.05) is 6.79 Å². The maximum Gasteiger partial charge on any atom is 0.305 e. The number of aliphatic carboxylic acids is 1. The van der Waals surface area contributed by atoms with Crippen LogP contribution in [0.25, 0.3) is 0 Å². The first-order valence-electron chi connectivity index (χ1n) is 9.18. The van der Waals surface area contributed by atoms with E-state index in [9.17, 15) is 9.90 Å². The van der Waals surface area contributed by atoms with Crippen LogP contribution in [0.4, 0.5) is 0 Å². The Morgan fingerprint density at radius 3 is 2.07 bits per heavy atom. The lowest BCUT2D eigenvalue weighted by Crippen LogP contribution is -2.29. The topological polar surface area (TPSA) is 67.8 Å². The molecule has 5 heteroatoms. The minimum Gasteiger partial charge on any atom is -0.481 e. The summed E-state index contributed by atoms with van der Waals surface area (Å²) in [7, 11) is 0. The van der Waals surface area contributed by atoms with Gasteiger partial charge in [-0.05, 0) is 28.8 Å². The molecular weight excluding hydrogens is 354 g/mol. The summed E-state index contributed by atoms with van der Waals surface area (Å²) in [4.78, 5) is 11.6. The van der Waals surface area contributed by atoms with Gasteiger partial charge in [0.2, 0.25) is 6.79 Å². The molecule has 1 atom stereocenters. The molecule has 3 aromatic carbocycles. The van der Waals surface area contributed by atoms with E-state index in [0.717, 1.165) is 16.7 Å². The Bertz CT molecular complexity index is 904. The second-order valence-electron chi connectivity index (χ2n) is 6.68. The average Bonchev–Trinajstić information content (AvgIpc) is 3.20. The lowest BCUT2D eigenvalue weighted by Gasteiger charge is -2.26. The molecular formula is C23H21NO4. The van der Waals surface area contributed by atoms with Gasteiger partial charge in [-0.1, -0.05) is 66.7 Å². The predicted molar refractivity (Wildman–Crippen MR) is 105 cm³/mol. The SMILES string of the molecule is O=C(O)CC(NC(c1ccccc1)c1ccccc1)c1ccc2c(c1)OCO2. The minimum atomic E-state index is -0.866. The molecule has 0 bridgehead atoms. The molecule has 0 radical (unpaired) electrons. The minimum absolute atomic E-state index is 0.0458. The van der Waals surface area contributed by atoms with E-state index in [1.54, 1.807) is 0 Å². The average molecular weight is 375 g/mol. The smallest absolute Gasteiger partial charge is 0.305 e. The summed E-state index contributed by atoms with van der Waals surface area (Å²) in [5.74, 6) is 0.459. The first kappa shape index (κ1) is 18.1. The van der Waals surface area contributed by atoms with Gasteiger partial charge in [-0.3, -0.25) is 10.1 Å². The van der Waals surface area contributed by atoms with Gasteiger partial charge in [0.15, 0.2) is 11.5 Å². The number of rotatable bonds is 7. The highest BCUT2D eigenvalue weighted by Crippen LogP contribution is 2.36. The molecule has 1 aliphatic heterocycles. The zero-order valence-electron chi connectivity index (χ0n) is 15.2. The number of hydrogen-bond acceptors (Lipinski definition) is 4. The zero-order valence-corrected chi connectivity index (χ0v) is 15.2. The Kier molecular flexibility index (Phi) is 5.26. The summed E-state index contributed by atoms with van der Waals surface area (Å²) in [6.07, 6.45) is -0.0458. The van der Waals surface area contributed by atoms with E-state index >= 15 is 0 Å². The number of nitrogens with one attached hydrogen (secondary N) is 1. The van der Waals surface area contributed by atoms with Gasteiger partial charge in [0.05, 0.1) is 12.5 Å². The van der Waals surface area contributed by atoms with Gasteiger partial charge < -0.3 is 14.6 Å². The molecule has 0 spiro atoms. The number of carboxylic acid groups (broad SMARTS) is 1. The van der Waals surface area contributed by atoms with Gasteiger partial charge in [-0.25, -0.2) is 0 Å². The van der Waals surface area contributed by atoms with E-state index in [1.807, 2.05) is 78.9 Å². The fourth-order valence-corrected chi connectivity index (χ4v) is 3.45. The van der Waals surface area contributed by atoms with Crippen LogP contribution in [0.15, 0.2) is 78.9 Å². The van der Waals surface area contributed by atoms with Crippen molar-refractivity contribution in [3.05, 3.63) is 95.6 Å². The van der Waals surface area contributed by atoms with Crippen molar-refractivity contribution in [3.63, 3.8) is 0 Å². The highest BCUT2D eigenvalue weighted by atomic mass is 16.7. The van der Waals surface area contributed by atoms with Crippen molar-refractivity contribution in [2.24, 2.45) is 0 Å². The van der Waals surface area contributed by atoms with Crippen molar-refractivity contribution >= 4 is 5.97 Å². The van der Waals surface area contributed by atoms with Crippen LogP contribution in [-0.4, -0.2) is 17.9 Å². The van der Waals surface area contributed by atoms with E-state index < -0.39 is 12.0 Å². The molecule has 0 aliphatic carbocycles. The van der Waals surface area contributed by atoms with E-state index in [1.165, 1.54) is 0 Å². The van der Waals surface area contributed by atoms with E-state index in [0.29, 0.717) is 11.5 Å². The fraction of sp³-hybridized carbons (Fsp3) is 0.174. The molecule has 0 amide bonds. The van der Waals surface area contributed by atoms with E-state index in [2.05, 4.69) is 5.32 Å². The molecule has 0 aromatic heterocycles. The van der Waals surface area contributed by atoms with Crippen molar-refractivity contribution < 1.29 is 19.4 Å². The predicted octanol–water partition coefficient (Wildman–Crippen LogP) is 4.31. The van der Waals surface area contributed by atoms with Gasteiger partial charge in [0, 0.05) is 6.04 Å². The van der Waals surface area contributed by atoms with Crippen molar-refractivity contribution in [2.45, 2.75) is 18.5 Å². The third-order valence-electron chi connectivity index (χ3n) is 4.81.